The van der Waals surface area contributed by atoms with E-state index in [1.807, 2.05) is 30.3 Å². The van der Waals surface area contributed by atoms with Crippen LogP contribution in [-0.4, -0.2) is 16.3 Å². The van der Waals surface area contributed by atoms with Crippen LogP contribution in [-0.2, 0) is 0 Å². The van der Waals surface area contributed by atoms with Gasteiger partial charge in [0.25, 0.3) is 0 Å². The summed E-state index contributed by atoms with van der Waals surface area (Å²) in [5.74, 6) is 0.505. The highest BCUT2D eigenvalue weighted by Crippen LogP contribution is 2.31. The zero-order valence-corrected chi connectivity index (χ0v) is 11.6. The van der Waals surface area contributed by atoms with Gasteiger partial charge in [-0.15, -0.1) is 0 Å². The lowest BCUT2D eigenvalue weighted by Gasteiger charge is -2.12. The standard InChI is InChI=1S/C15H11ClN4O/c16-12-5-6-13(10-4-2-1-3-9(10)12)20-15-11(7-21)14(17)18-8-19-15/h1-8H,(H3,17,18,19,20). The number of nitrogen functional groups attached to an aromatic ring is 1. The SMILES string of the molecule is Nc1ncnc(Nc2ccc(Cl)c3ccccc23)c1C=O. The molecule has 0 saturated heterocycles. The number of carbonyl (C=O) groups is 1. The number of halogens is 1. The van der Waals surface area contributed by atoms with Gasteiger partial charge in [-0.2, -0.15) is 0 Å². The van der Waals surface area contributed by atoms with Crippen molar-refractivity contribution in [3.63, 3.8) is 0 Å². The molecule has 0 saturated carbocycles. The average molecular weight is 299 g/mol. The molecular formula is C15H11ClN4O. The van der Waals surface area contributed by atoms with Crippen LogP contribution in [0.4, 0.5) is 17.3 Å². The number of fused-ring (bicyclic) bond motifs is 1. The number of hydrogen-bond acceptors (Lipinski definition) is 5. The van der Waals surface area contributed by atoms with E-state index >= 15 is 0 Å². The van der Waals surface area contributed by atoms with Crippen LogP contribution in [0.15, 0.2) is 42.7 Å². The Labute approximate surface area is 125 Å². The molecule has 0 aliphatic heterocycles. The van der Waals surface area contributed by atoms with Crippen molar-refractivity contribution in [3.05, 3.63) is 53.3 Å². The monoisotopic (exact) mass is 298 g/mol. The first kappa shape index (κ1) is 13.3. The van der Waals surface area contributed by atoms with E-state index in [1.54, 1.807) is 6.07 Å². The lowest BCUT2D eigenvalue weighted by atomic mass is 10.1. The second-order valence-electron chi connectivity index (χ2n) is 4.40. The minimum atomic E-state index is 0.140. The molecule has 1 aromatic heterocycles. The molecule has 3 aromatic rings. The van der Waals surface area contributed by atoms with Gasteiger partial charge in [0.05, 0.1) is 5.56 Å². The van der Waals surface area contributed by atoms with Crippen molar-refractivity contribution >= 4 is 46.0 Å². The Morgan fingerprint density at radius 2 is 1.86 bits per heavy atom. The number of aldehydes is 1. The normalized spacial score (nSPS) is 10.5. The first-order chi connectivity index (χ1) is 10.2. The molecule has 6 heteroatoms. The average Bonchev–Trinajstić information content (AvgIpc) is 2.51. The Kier molecular flexibility index (Phi) is 3.41. The number of hydrogen-bond donors (Lipinski definition) is 2. The molecule has 1 heterocycles. The van der Waals surface area contributed by atoms with Crippen molar-refractivity contribution in [1.29, 1.82) is 0 Å². The first-order valence-corrected chi connectivity index (χ1v) is 6.58. The van der Waals surface area contributed by atoms with Gasteiger partial charge in [0, 0.05) is 21.5 Å². The Morgan fingerprint density at radius 1 is 1.10 bits per heavy atom. The summed E-state index contributed by atoms with van der Waals surface area (Å²) in [6.07, 6.45) is 1.94. The van der Waals surface area contributed by atoms with E-state index in [0.717, 1.165) is 16.5 Å². The molecule has 0 amide bonds. The Balaban J connectivity index is 2.13. The fourth-order valence-corrected chi connectivity index (χ4v) is 2.35. The number of carbonyl (C=O) groups excluding carboxylic acids is 1. The zero-order valence-electron chi connectivity index (χ0n) is 10.9. The van der Waals surface area contributed by atoms with Crippen molar-refractivity contribution < 1.29 is 4.79 Å². The summed E-state index contributed by atoms with van der Waals surface area (Å²) in [7, 11) is 0. The summed E-state index contributed by atoms with van der Waals surface area (Å²) in [5, 5.41) is 5.62. The number of benzene rings is 2. The zero-order chi connectivity index (χ0) is 14.8. The van der Waals surface area contributed by atoms with Gasteiger partial charge in [0.2, 0.25) is 0 Å². The molecule has 0 atom stereocenters. The second-order valence-corrected chi connectivity index (χ2v) is 4.81. The van der Waals surface area contributed by atoms with Crippen LogP contribution in [0.2, 0.25) is 5.02 Å². The number of nitrogens with two attached hydrogens (primary N) is 1. The molecule has 0 fully saturated rings. The van der Waals surface area contributed by atoms with E-state index in [-0.39, 0.29) is 11.4 Å². The Bertz CT molecular complexity index is 835. The van der Waals surface area contributed by atoms with Gasteiger partial charge in [0.15, 0.2) is 6.29 Å². The number of aromatic nitrogens is 2. The van der Waals surface area contributed by atoms with Crippen molar-refractivity contribution in [2.75, 3.05) is 11.1 Å². The molecule has 0 unspecified atom stereocenters. The number of nitrogens with one attached hydrogen (secondary N) is 1. The first-order valence-electron chi connectivity index (χ1n) is 6.20. The van der Waals surface area contributed by atoms with Gasteiger partial charge >= 0.3 is 0 Å². The molecule has 21 heavy (non-hydrogen) atoms. The lowest BCUT2D eigenvalue weighted by Crippen LogP contribution is -2.04. The molecule has 104 valence electrons. The van der Waals surface area contributed by atoms with E-state index < -0.39 is 0 Å². The van der Waals surface area contributed by atoms with Crippen molar-refractivity contribution in [3.8, 4) is 0 Å². The minimum Gasteiger partial charge on any atom is -0.383 e. The molecule has 0 bridgehead atoms. The van der Waals surface area contributed by atoms with E-state index in [9.17, 15) is 4.79 Å². The van der Waals surface area contributed by atoms with E-state index in [0.29, 0.717) is 17.1 Å². The van der Waals surface area contributed by atoms with Crippen molar-refractivity contribution in [1.82, 2.24) is 9.97 Å². The third-order valence-electron chi connectivity index (χ3n) is 3.16. The van der Waals surface area contributed by atoms with Gasteiger partial charge in [0.1, 0.15) is 18.0 Å². The topological polar surface area (TPSA) is 80.9 Å². The van der Waals surface area contributed by atoms with Crippen LogP contribution in [0.1, 0.15) is 10.4 Å². The summed E-state index contributed by atoms with van der Waals surface area (Å²) in [4.78, 5) is 19.0. The highest BCUT2D eigenvalue weighted by molar-refractivity contribution is 6.36. The fourth-order valence-electron chi connectivity index (χ4n) is 2.12. The van der Waals surface area contributed by atoms with Crippen LogP contribution in [0.25, 0.3) is 10.8 Å². The fraction of sp³-hybridized carbons (Fsp3) is 0. The Morgan fingerprint density at radius 3 is 2.62 bits per heavy atom. The number of anilines is 3. The van der Waals surface area contributed by atoms with E-state index in [1.165, 1.54) is 6.33 Å². The van der Waals surface area contributed by atoms with Crippen molar-refractivity contribution in [2.45, 2.75) is 0 Å². The quantitative estimate of drug-likeness (QED) is 0.724. The molecular weight excluding hydrogens is 288 g/mol. The molecule has 3 N–H and O–H groups in total. The van der Waals surface area contributed by atoms with Crippen LogP contribution in [0.5, 0.6) is 0 Å². The highest BCUT2D eigenvalue weighted by Gasteiger charge is 2.10. The third kappa shape index (κ3) is 2.39. The summed E-state index contributed by atoms with van der Waals surface area (Å²) >= 11 is 6.19. The van der Waals surface area contributed by atoms with Crippen LogP contribution in [0, 0.1) is 0 Å². The molecule has 0 radical (unpaired) electrons. The summed E-state index contributed by atoms with van der Waals surface area (Å²) in [6, 6.07) is 11.3. The van der Waals surface area contributed by atoms with E-state index in [4.69, 9.17) is 17.3 Å². The van der Waals surface area contributed by atoms with Crippen molar-refractivity contribution in [2.24, 2.45) is 0 Å². The maximum Gasteiger partial charge on any atom is 0.157 e. The predicted molar refractivity (Wildman–Crippen MR) is 84.1 cm³/mol. The van der Waals surface area contributed by atoms with Gasteiger partial charge in [-0.05, 0) is 12.1 Å². The number of rotatable bonds is 3. The molecule has 3 rings (SSSR count). The van der Waals surface area contributed by atoms with Crippen LogP contribution in [0.3, 0.4) is 0 Å². The third-order valence-corrected chi connectivity index (χ3v) is 3.49. The second kappa shape index (κ2) is 5.38. The molecule has 0 spiro atoms. The molecule has 5 nitrogen and oxygen atoms in total. The van der Waals surface area contributed by atoms with E-state index in [2.05, 4.69) is 15.3 Å². The predicted octanol–water partition coefficient (Wildman–Crippen LogP) is 3.42. The summed E-state index contributed by atoms with van der Waals surface area (Å²) < 4.78 is 0. The smallest absolute Gasteiger partial charge is 0.157 e. The molecule has 2 aromatic carbocycles. The van der Waals surface area contributed by atoms with Crippen LogP contribution < -0.4 is 11.1 Å². The van der Waals surface area contributed by atoms with Gasteiger partial charge in [-0.1, -0.05) is 35.9 Å². The molecule has 0 aliphatic rings. The molecule has 0 aliphatic carbocycles. The van der Waals surface area contributed by atoms with Gasteiger partial charge in [-0.3, -0.25) is 4.79 Å². The maximum atomic E-state index is 11.1. The number of nitrogens with zero attached hydrogens (tertiary/aromatic N) is 2. The maximum absolute atomic E-state index is 11.1. The van der Waals surface area contributed by atoms with Gasteiger partial charge in [-0.25, -0.2) is 9.97 Å². The largest absolute Gasteiger partial charge is 0.383 e. The highest BCUT2D eigenvalue weighted by atomic mass is 35.5. The van der Waals surface area contributed by atoms with Crippen LogP contribution >= 0.6 is 11.6 Å². The summed E-state index contributed by atoms with van der Waals surface area (Å²) in [5.41, 5.74) is 6.70. The minimum absolute atomic E-state index is 0.140. The lowest BCUT2D eigenvalue weighted by molar-refractivity contribution is 0.112. The summed E-state index contributed by atoms with van der Waals surface area (Å²) in [6.45, 7) is 0. The van der Waals surface area contributed by atoms with Gasteiger partial charge < -0.3 is 11.1 Å². The Hall–Kier alpha value is -2.66.